The first-order valence-corrected chi connectivity index (χ1v) is 11.9. The number of ether oxygens (including phenoxy) is 1. The Hall–Kier alpha value is -3.00. The van der Waals surface area contributed by atoms with Gasteiger partial charge in [0.05, 0.1) is 11.7 Å². The maximum Gasteiger partial charge on any atom is 0.324 e. The highest BCUT2D eigenvalue weighted by atomic mass is 32.2. The Morgan fingerprint density at radius 3 is 2.66 bits per heavy atom. The third kappa shape index (κ3) is 4.46. The molecule has 0 saturated carbocycles. The van der Waals surface area contributed by atoms with Crippen LogP contribution in [0.1, 0.15) is 32.5 Å². The van der Waals surface area contributed by atoms with Crippen LogP contribution in [0.25, 0.3) is 16.7 Å². The van der Waals surface area contributed by atoms with E-state index in [1.165, 1.54) is 10.3 Å². The molecular weight excluding hydrogens is 422 g/mol. The van der Waals surface area contributed by atoms with E-state index < -0.39 is 0 Å². The van der Waals surface area contributed by atoms with Crippen LogP contribution in [0.5, 0.6) is 5.75 Å². The van der Waals surface area contributed by atoms with Gasteiger partial charge in [-0.05, 0) is 43.3 Å². The summed E-state index contributed by atoms with van der Waals surface area (Å²) >= 11 is 1.88. The number of thioether (sulfide) groups is 1. The lowest BCUT2D eigenvalue weighted by molar-refractivity contribution is 0.168. The third-order valence-corrected chi connectivity index (χ3v) is 6.53. The second-order valence-electron chi connectivity index (χ2n) is 8.35. The number of rotatable bonds is 6. The van der Waals surface area contributed by atoms with Crippen LogP contribution in [0.15, 0.2) is 58.2 Å². The summed E-state index contributed by atoms with van der Waals surface area (Å²) in [4.78, 5) is 12.4. The van der Waals surface area contributed by atoms with Crippen molar-refractivity contribution in [3.63, 3.8) is 0 Å². The summed E-state index contributed by atoms with van der Waals surface area (Å²) in [5, 5.41) is 5.66. The fourth-order valence-electron chi connectivity index (χ4n) is 4.02. The predicted molar refractivity (Wildman–Crippen MR) is 127 cm³/mol. The average molecular weight is 450 g/mol. The average Bonchev–Trinajstić information content (AvgIpc) is 3.40. The van der Waals surface area contributed by atoms with Crippen molar-refractivity contribution in [2.75, 3.05) is 18.0 Å². The molecule has 0 unspecified atom stereocenters. The number of fused-ring (bicyclic) bond motifs is 1. The minimum atomic E-state index is 0.159. The summed E-state index contributed by atoms with van der Waals surface area (Å²) in [6.45, 7) is 7.94. The maximum atomic E-state index is 6.19. The molecule has 1 aliphatic rings. The van der Waals surface area contributed by atoms with Gasteiger partial charge in [-0.15, -0.1) is 11.8 Å². The molecule has 0 amide bonds. The van der Waals surface area contributed by atoms with Crippen molar-refractivity contribution >= 4 is 28.7 Å². The SMILES string of the molecule is Cc1noc(N2CCC(Oc3ccc(-n4ccc5cc(SC(C)C)ccc54)nc3)CC2)n1. The molecule has 32 heavy (non-hydrogen) atoms. The maximum absolute atomic E-state index is 6.19. The zero-order valence-corrected chi connectivity index (χ0v) is 19.4. The smallest absolute Gasteiger partial charge is 0.324 e. The van der Waals surface area contributed by atoms with Crippen molar-refractivity contribution in [2.24, 2.45) is 0 Å². The first-order chi connectivity index (χ1) is 15.5. The Morgan fingerprint density at radius 2 is 1.97 bits per heavy atom. The Bertz CT molecular complexity index is 1190. The van der Waals surface area contributed by atoms with E-state index in [0.717, 1.165) is 43.0 Å². The van der Waals surface area contributed by atoms with Gasteiger partial charge in [0.2, 0.25) is 0 Å². The molecule has 0 aliphatic carbocycles. The van der Waals surface area contributed by atoms with Crippen LogP contribution in [0.4, 0.5) is 6.01 Å². The van der Waals surface area contributed by atoms with Crippen molar-refractivity contribution in [3.8, 4) is 11.6 Å². The van der Waals surface area contributed by atoms with E-state index in [1.54, 1.807) is 0 Å². The van der Waals surface area contributed by atoms with Crippen molar-refractivity contribution < 1.29 is 9.26 Å². The Balaban J connectivity index is 1.23. The van der Waals surface area contributed by atoms with E-state index in [-0.39, 0.29) is 6.10 Å². The van der Waals surface area contributed by atoms with E-state index in [0.29, 0.717) is 17.1 Å². The van der Waals surface area contributed by atoms with Crippen LogP contribution >= 0.6 is 11.8 Å². The molecular formula is C24H27N5O2S. The Labute approximate surface area is 191 Å². The fraction of sp³-hybridized carbons (Fsp3) is 0.375. The summed E-state index contributed by atoms with van der Waals surface area (Å²) in [6, 6.07) is 13.4. The number of anilines is 1. The molecule has 0 radical (unpaired) electrons. The first kappa shape index (κ1) is 20.9. The minimum Gasteiger partial charge on any atom is -0.489 e. The van der Waals surface area contributed by atoms with Gasteiger partial charge >= 0.3 is 6.01 Å². The van der Waals surface area contributed by atoms with Crippen LogP contribution in [0, 0.1) is 6.92 Å². The lowest BCUT2D eigenvalue weighted by Gasteiger charge is -2.30. The Kier molecular flexibility index (Phi) is 5.78. The fourth-order valence-corrected chi connectivity index (χ4v) is 4.91. The molecule has 5 rings (SSSR count). The van der Waals surface area contributed by atoms with Crippen LogP contribution in [0.2, 0.25) is 0 Å². The summed E-state index contributed by atoms with van der Waals surface area (Å²) in [6.07, 6.45) is 5.86. The van der Waals surface area contributed by atoms with Crippen molar-refractivity contribution in [2.45, 2.75) is 49.9 Å². The highest BCUT2D eigenvalue weighted by Crippen LogP contribution is 2.29. The lowest BCUT2D eigenvalue weighted by atomic mass is 10.1. The molecule has 0 atom stereocenters. The monoisotopic (exact) mass is 449 g/mol. The molecule has 8 heteroatoms. The highest BCUT2D eigenvalue weighted by molar-refractivity contribution is 7.99. The van der Waals surface area contributed by atoms with Gasteiger partial charge in [0.1, 0.15) is 17.7 Å². The molecule has 0 N–H and O–H groups in total. The number of nitrogens with zero attached hydrogens (tertiary/aromatic N) is 5. The quantitative estimate of drug-likeness (QED) is 0.372. The molecule has 1 aromatic carbocycles. The number of hydrogen-bond acceptors (Lipinski definition) is 7. The topological polar surface area (TPSA) is 69.2 Å². The Morgan fingerprint density at radius 1 is 1.12 bits per heavy atom. The summed E-state index contributed by atoms with van der Waals surface area (Å²) in [5.74, 6) is 2.35. The van der Waals surface area contributed by atoms with Gasteiger partial charge in [0, 0.05) is 47.7 Å². The van der Waals surface area contributed by atoms with E-state index in [9.17, 15) is 0 Å². The van der Waals surface area contributed by atoms with Crippen LogP contribution in [-0.4, -0.2) is 44.1 Å². The number of aryl methyl sites for hydroxylation is 1. The zero-order chi connectivity index (χ0) is 22.1. The molecule has 4 heterocycles. The van der Waals surface area contributed by atoms with Crippen LogP contribution < -0.4 is 9.64 Å². The second kappa shape index (κ2) is 8.86. The lowest BCUT2D eigenvalue weighted by Crippen LogP contribution is -2.38. The first-order valence-electron chi connectivity index (χ1n) is 11.0. The molecule has 1 aliphatic heterocycles. The van der Waals surface area contributed by atoms with Crippen molar-refractivity contribution in [1.29, 1.82) is 0 Å². The van der Waals surface area contributed by atoms with Gasteiger partial charge in [-0.2, -0.15) is 4.98 Å². The van der Waals surface area contributed by atoms with Crippen LogP contribution in [-0.2, 0) is 0 Å². The summed E-state index contributed by atoms with van der Waals surface area (Å²) in [5.41, 5.74) is 1.16. The molecule has 1 fully saturated rings. The number of piperidine rings is 1. The number of aromatic nitrogens is 4. The van der Waals surface area contributed by atoms with E-state index in [1.807, 2.05) is 37.0 Å². The largest absolute Gasteiger partial charge is 0.489 e. The van der Waals surface area contributed by atoms with Gasteiger partial charge in [-0.25, -0.2) is 4.98 Å². The number of benzene rings is 1. The third-order valence-electron chi connectivity index (χ3n) is 5.53. The van der Waals surface area contributed by atoms with Gasteiger partial charge in [-0.1, -0.05) is 19.0 Å². The molecule has 166 valence electrons. The van der Waals surface area contributed by atoms with Gasteiger partial charge < -0.3 is 18.7 Å². The molecule has 1 saturated heterocycles. The normalized spacial score (nSPS) is 15.1. The van der Waals surface area contributed by atoms with Crippen LogP contribution in [0.3, 0.4) is 0 Å². The number of hydrogen-bond donors (Lipinski definition) is 0. The standard InChI is InChI=1S/C24H27N5O2S/c1-16(2)32-21-5-6-22-18(14-21)8-13-29(22)23-7-4-20(15-25-23)30-19-9-11-28(12-10-19)24-26-17(3)27-31-24/h4-8,13-16,19H,9-12H2,1-3H3. The molecule has 0 bridgehead atoms. The second-order valence-corrected chi connectivity index (χ2v) is 10.0. The summed E-state index contributed by atoms with van der Waals surface area (Å²) < 4.78 is 13.6. The van der Waals surface area contributed by atoms with Gasteiger partial charge in [0.15, 0.2) is 5.82 Å². The van der Waals surface area contributed by atoms with E-state index in [2.05, 4.69) is 68.9 Å². The molecule has 0 spiro atoms. The predicted octanol–water partition coefficient (Wildman–Crippen LogP) is 5.27. The molecule has 7 nitrogen and oxygen atoms in total. The molecule has 3 aromatic heterocycles. The molecule has 4 aromatic rings. The zero-order valence-electron chi connectivity index (χ0n) is 18.6. The van der Waals surface area contributed by atoms with E-state index >= 15 is 0 Å². The van der Waals surface area contributed by atoms with Crippen molar-refractivity contribution in [1.82, 2.24) is 19.7 Å². The summed E-state index contributed by atoms with van der Waals surface area (Å²) in [7, 11) is 0. The highest BCUT2D eigenvalue weighted by Gasteiger charge is 2.24. The van der Waals surface area contributed by atoms with Gasteiger partial charge in [0.25, 0.3) is 0 Å². The van der Waals surface area contributed by atoms with Gasteiger partial charge in [-0.3, -0.25) is 0 Å². The van der Waals surface area contributed by atoms with E-state index in [4.69, 9.17) is 9.26 Å². The number of pyridine rings is 1. The minimum absolute atomic E-state index is 0.159. The van der Waals surface area contributed by atoms with Crippen molar-refractivity contribution in [3.05, 3.63) is 54.6 Å².